The second-order valence-electron chi connectivity index (χ2n) is 7.11. The normalized spacial score (nSPS) is 13.6. The molecule has 0 bridgehead atoms. The van der Waals surface area contributed by atoms with Crippen LogP contribution in [0.5, 0.6) is 0 Å². The van der Waals surface area contributed by atoms with Crippen LogP contribution in [0.25, 0.3) is 0 Å². The van der Waals surface area contributed by atoms with Crippen LogP contribution >= 0.6 is 0 Å². The largest absolute Gasteiger partial charge is 0.466 e. The summed E-state index contributed by atoms with van der Waals surface area (Å²) >= 11 is 0. The van der Waals surface area contributed by atoms with E-state index >= 15 is 0 Å². The Kier molecular flexibility index (Phi) is 13.3. The molecule has 22 heavy (non-hydrogen) atoms. The van der Waals surface area contributed by atoms with Crippen LogP contribution in [0.15, 0.2) is 0 Å². The minimum Gasteiger partial charge on any atom is -0.466 e. The minimum atomic E-state index is -0.560. The predicted molar refractivity (Wildman–Crippen MR) is 87.5 cm³/mol. The first-order valence-corrected chi connectivity index (χ1v) is 7.92. The van der Waals surface area contributed by atoms with Crippen LogP contribution in [0.3, 0.4) is 0 Å². The summed E-state index contributed by atoms with van der Waals surface area (Å²) in [4.78, 5) is 21.9. The Morgan fingerprint density at radius 2 is 1.64 bits per heavy atom. The number of carbonyl (C=O) groups excluding carboxylic acids is 2. The van der Waals surface area contributed by atoms with Crippen LogP contribution in [-0.2, 0) is 14.3 Å². The molecule has 0 fully saturated rings. The van der Waals surface area contributed by atoms with E-state index in [0.717, 1.165) is 12.8 Å². The minimum absolute atomic E-state index is 0.0306. The van der Waals surface area contributed by atoms with E-state index in [1.54, 1.807) is 0 Å². The molecule has 0 saturated carbocycles. The average molecular weight is 318 g/mol. The molecule has 0 rings (SSSR count). The first-order chi connectivity index (χ1) is 9.97. The molecule has 0 saturated heterocycles. The molecule has 0 spiro atoms. The number of aliphatic hydroxyl groups is 2. The van der Waals surface area contributed by atoms with Crippen LogP contribution in [0, 0.1) is 11.3 Å². The van der Waals surface area contributed by atoms with Gasteiger partial charge in [0, 0.05) is 6.42 Å². The maximum atomic E-state index is 11.2. The second-order valence-corrected chi connectivity index (χ2v) is 7.11. The van der Waals surface area contributed by atoms with Crippen LogP contribution in [0.1, 0.15) is 67.2 Å². The van der Waals surface area contributed by atoms with E-state index in [9.17, 15) is 9.59 Å². The summed E-state index contributed by atoms with van der Waals surface area (Å²) in [5.74, 6) is 0.321. The number of aliphatic hydroxyl groups excluding tert-OH is 2. The molecule has 0 aliphatic carbocycles. The Morgan fingerprint density at radius 3 is 2.00 bits per heavy atom. The fourth-order valence-corrected chi connectivity index (χ4v) is 1.87. The van der Waals surface area contributed by atoms with Gasteiger partial charge in [0.05, 0.1) is 25.7 Å². The Labute approximate surface area is 135 Å². The maximum Gasteiger partial charge on any atom is 0.306 e. The number of ether oxygens (including phenoxy) is 1. The molecule has 0 aliphatic rings. The highest BCUT2D eigenvalue weighted by Crippen LogP contribution is 2.25. The lowest BCUT2D eigenvalue weighted by atomic mass is 9.84. The van der Waals surface area contributed by atoms with Crippen LogP contribution in [0.2, 0.25) is 0 Å². The number of Topliss-reactive ketones (excluding diaryl/α,β-unsaturated/α-hetero) is 1. The van der Waals surface area contributed by atoms with Gasteiger partial charge in [0.15, 0.2) is 0 Å². The van der Waals surface area contributed by atoms with Crippen molar-refractivity contribution >= 4 is 11.8 Å². The van der Waals surface area contributed by atoms with Crippen molar-refractivity contribution in [2.45, 2.75) is 73.3 Å². The Hall–Kier alpha value is -0.940. The standard InChI is InChI=1S/C14H26O3.C3H8O2/c1-11(10-14(3,4)5)8-9-17-13(16)7-6-12(2)15;1-3(5)2-4/h11H,6-10H2,1-5H3;3-5H,2H2,1H3. The Balaban J connectivity index is 0. The fraction of sp³-hybridized carbons (Fsp3) is 0.882. The zero-order valence-corrected chi connectivity index (χ0v) is 15.0. The van der Waals surface area contributed by atoms with Gasteiger partial charge in [-0.1, -0.05) is 27.7 Å². The van der Waals surface area contributed by atoms with Crippen molar-refractivity contribution in [1.29, 1.82) is 0 Å². The first-order valence-electron chi connectivity index (χ1n) is 7.92. The van der Waals surface area contributed by atoms with Crippen molar-refractivity contribution in [2.75, 3.05) is 13.2 Å². The van der Waals surface area contributed by atoms with E-state index in [1.807, 2.05) is 0 Å². The van der Waals surface area contributed by atoms with Crippen molar-refractivity contribution in [3.8, 4) is 0 Å². The number of carbonyl (C=O) groups is 2. The van der Waals surface area contributed by atoms with E-state index < -0.39 is 6.10 Å². The monoisotopic (exact) mass is 318 g/mol. The van der Waals surface area contributed by atoms with E-state index in [1.165, 1.54) is 13.8 Å². The molecule has 0 amide bonds. The van der Waals surface area contributed by atoms with Gasteiger partial charge in [0.25, 0.3) is 0 Å². The second kappa shape index (κ2) is 12.6. The van der Waals surface area contributed by atoms with Crippen molar-refractivity contribution in [3.05, 3.63) is 0 Å². The third-order valence-corrected chi connectivity index (χ3v) is 2.78. The molecule has 5 nitrogen and oxygen atoms in total. The summed E-state index contributed by atoms with van der Waals surface area (Å²) < 4.78 is 5.09. The van der Waals surface area contributed by atoms with E-state index in [2.05, 4.69) is 27.7 Å². The smallest absolute Gasteiger partial charge is 0.306 e. The van der Waals surface area contributed by atoms with Gasteiger partial charge >= 0.3 is 5.97 Å². The van der Waals surface area contributed by atoms with Gasteiger partial charge in [-0.15, -0.1) is 0 Å². The molecule has 0 heterocycles. The SMILES string of the molecule is CC(=O)CCC(=O)OCCC(C)CC(C)(C)C.CC(O)CO. The number of hydrogen-bond acceptors (Lipinski definition) is 5. The molecule has 2 atom stereocenters. The quantitative estimate of drug-likeness (QED) is 0.672. The highest BCUT2D eigenvalue weighted by molar-refractivity contribution is 5.80. The summed E-state index contributed by atoms with van der Waals surface area (Å²) in [7, 11) is 0. The molecule has 5 heteroatoms. The third kappa shape index (κ3) is 21.4. The molecular weight excluding hydrogens is 284 g/mol. The van der Waals surface area contributed by atoms with Gasteiger partial charge in [-0.25, -0.2) is 0 Å². The van der Waals surface area contributed by atoms with Crippen molar-refractivity contribution in [3.63, 3.8) is 0 Å². The summed E-state index contributed by atoms with van der Waals surface area (Å²) in [5.41, 5.74) is 0.318. The summed E-state index contributed by atoms with van der Waals surface area (Å²) in [6.07, 6.45) is 1.95. The van der Waals surface area contributed by atoms with Gasteiger partial charge in [-0.3, -0.25) is 4.79 Å². The number of hydrogen-bond donors (Lipinski definition) is 2. The van der Waals surface area contributed by atoms with Gasteiger partial charge in [0.1, 0.15) is 5.78 Å². The van der Waals surface area contributed by atoms with Gasteiger partial charge in [0.2, 0.25) is 0 Å². The topological polar surface area (TPSA) is 83.8 Å². The maximum absolute atomic E-state index is 11.2. The van der Waals surface area contributed by atoms with E-state index in [4.69, 9.17) is 14.9 Å². The lowest BCUT2D eigenvalue weighted by Gasteiger charge is -2.22. The van der Waals surface area contributed by atoms with Crippen molar-refractivity contribution in [2.24, 2.45) is 11.3 Å². The lowest BCUT2D eigenvalue weighted by molar-refractivity contribution is -0.145. The number of esters is 1. The van der Waals surface area contributed by atoms with E-state index in [0.29, 0.717) is 17.9 Å². The molecule has 0 aliphatic heterocycles. The molecule has 132 valence electrons. The van der Waals surface area contributed by atoms with Crippen molar-refractivity contribution < 1.29 is 24.5 Å². The molecule has 2 unspecified atom stereocenters. The third-order valence-electron chi connectivity index (χ3n) is 2.78. The highest BCUT2D eigenvalue weighted by atomic mass is 16.5. The fourth-order valence-electron chi connectivity index (χ4n) is 1.87. The molecule has 0 aromatic rings. The first kappa shape index (κ1) is 23.3. The summed E-state index contributed by atoms with van der Waals surface area (Å²) in [6, 6.07) is 0. The Bertz CT molecular complexity index is 305. The van der Waals surface area contributed by atoms with Gasteiger partial charge in [-0.2, -0.15) is 0 Å². The molecule has 2 N–H and O–H groups in total. The Morgan fingerprint density at radius 1 is 1.14 bits per heavy atom. The summed E-state index contributed by atoms with van der Waals surface area (Å²) in [6.45, 7) is 12.1. The van der Waals surface area contributed by atoms with Crippen LogP contribution in [0.4, 0.5) is 0 Å². The number of ketones is 1. The van der Waals surface area contributed by atoms with Crippen LogP contribution in [-0.4, -0.2) is 41.3 Å². The average Bonchev–Trinajstić information content (AvgIpc) is 2.34. The highest BCUT2D eigenvalue weighted by Gasteiger charge is 2.15. The molecule has 0 aromatic heterocycles. The lowest BCUT2D eigenvalue weighted by Crippen LogP contribution is -2.14. The van der Waals surface area contributed by atoms with E-state index in [-0.39, 0.29) is 31.2 Å². The molecular formula is C17H34O5. The zero-order chi connectivity index (χ0) is 17.8. The zero-order valence-electron chi connectivity index (χ0n) is 15.0. The van der Waals surface area contributed by atoms with Crippen LogP contribution < -0.4 is 0 Å². The predicted octanol–water partition coefficient (Wildman–Crippen LogP) is 2.72. The molecule has 0 radical (unpaired) electrons. The molecule has 0 aromatic carbocycles. The van der Waals surface area contributed by atoms with Crippen molar-refractivity contribution in [1.82, 2.24) is 0 Å². The summed E-state index contributed by atoms with van der Waals surface area (Å²) in [5, 5.41) is 16.0. The van der Waals surface area contributed by atoms with Gasteiger partial charge < -0.3 is 19.7 Å². The number of rotatable bonds is 8. The van der Waals surface area contributed by atoms with Gasteiger partial charge in [-0.05, 0) is 38.0 Å².